The van der Waals surface area contributed by atoms with Gasteiger partial charge in [0, 0.05) is 5.25 Å². The molecule has 2 atom stereocenters. The Labute approximate surface area is 91.2 Å². The van der Waals surface area contributed by atoms with E-state index in [1.807, 2.05) is 42.5 Å². The highest BCUT2D eigenvalue weighted by Gasteiger charge is 2.05. The third-order valence-corrected chi connectivity index (χ3v) is 3.38. The molecule has 0 fully saturated rings. The van der Waals surface area contributed by atoms with Crippen LogP contribution in [0, 0.1) is 0 Å². The molecule has 0 N–H and O–H groups in total. The van der Waals surface area contributed by atoms with Gasteiger partial charge in [-0.1, -0.05) is 36.4 Å². The predicted molar refractivity (Wildman–Crippen MR) is 61.3 cm³/mol. The minimum atomic E-state index is -2.05. The van der Waals surface area contributed by atoms with Gasteiger partial charge in [0.05, 0.1) is 0 Å². The summed E-state index contributed by atoms with van der Waals surface area (Å²) in [6.45, 7) is 1.69. The van der Waals surface area contributed by atoms with Crippen molar-refractivity contribution in [1.82, 2.24) is 0 Å². The van der Waals surface area contributed by atoms with E-state index in [0.717, 1.165) is 16.3 Å². The Morgan fingerprint density at radius 3 is 2.47 bits per heavy atom. The van der Waals surface area contributed by atoms with Crippen LogP contribution in [0.25, 0.3) is 10.8 Å². The maximum absolute atomic E-state index is 10.8. The number of hydrogen-bond donors (Lipinski definition) is 0. The minimum Gasteiger partial charge on any atom is -0.772 e. The zero-order chi connectivity index (χ0) is 10.8. The summed E-state index contributed by atoms with van der Waals surface area (Å²) in [4.78, 5) is 0. The van der Waals surface area contributed by atoms with Gasteiger partial charge in [-0.2, -0.15) is 0 Å². The Morgan fingerprint density at radius 2 is 1.80 bits per heavy atom. The van der Waals surface area contributed by atoms with Gasteiger partial charge in [0.2, 0.25) is 0 Å². The van der Waals surface area contributed by atoms with Crippen LogP contribution in [0.3, 0.4) is 0 Å². The van der Waals surface area contributed by atoms with Crippen molar-refractivity contribution in [1.29, 1.82) is 0 Å². The Morgan fingerprint density at radius 1 is 1.13 bits per heavy atom. The molecule has 0 amide bonds. The van der Waals surface area contributed by atoms with E-state index in [4.69, 9.17) is 0 Å². The molecule has 2 aromatic rings. The van der Waals surface area contributed by atoms with E-state index >= 15 is 0 Å². The van der Waals surface area contributed by atoms with Crippen LogP contribution in [0.1, 0.15) is 17.7 Å². The van der Waals surface area contributed by atoms with Crippen molar-refractivity contribution in [2.45, 2.75) is 12.2 Å². The van der Waals surface area contributed by atoms with Crippen LogP contribution in [0.5, 0.6) is 0 Å². The van der Waals surface area contributed by atoms with Crippen molar-refractivity contribution < 1.29 is 8.76 Å². The van der Waals surface area contributed by atoms with Crippen LogP contribution < -0.4 is 0 Å². The lowest BCUT2D eigenvalue weighted by Crippen LogP contribution is -2.00. The molecule has 15 heavy (non-hydrogen) atoms. The molecule has 0 heterocycles. The largest absolute Gasteiger partial charge is 0.772 e. The van der Waals surface area contributed by atoms with E-state index in [2.05, 4.69) is 0 Å². The Kier molecular flexibility index (Phi) is 2.84. The molecular weight excluding hydrogens is 208 g/mol. The van der Waals surface area contributed by atoms with Crippen molar-refractivity contribution >= 4 is 21.9 Å². The minimum absolute atomic E-state index is 0.449. The maximum atomic E-state index is 10.8. The molecule has 0 aliphatic rings. The van der Waals surface area contributed by atoms with Crippen LogP contribution >= 0.6 is 0 Å². The Balaban J connectivity index is 2.51. The molecule has 78 valence electrons. The van der Waals surface area contributed by atoms with Crippen molar-refractivity contribution in [3.63, 3.8) is 0 Å². The molecule has 0 aromatic heterocycles. The van der Waals surface area contributed by atoms with E-state index in [1.165, 1.54) is 0 Å². The maximum Gasteiger partial charge on any atom is 0.0437 e. The summed E-state index contributed by atoms with van der Waals surface area (Å²) < 4.78 is 21.7. The number of benzene rings is 2. The van der Waals surface area contributed by atoms with E-state index in [0.29, 0.717) is 0 Å². The summed E-state index contributed by atoms with van der Waals surface area (Å²) >= 11 is -2.05. The standard InChI is InChI=1S/C12H12O2S/c1-9(15(13)14)11-7-6-10-4-2-3-5-12(10)8-11/h2-9H,1H3,(H,13,14)/p-1. The lowest BCUT2D eigenvalue weighted by Gasteiger charge is -2.15. The average molecular weight is 219 g/mol. The topological polar surface area (TPSA) is 40.1 Å². The second-order valence-electron chi connectivity index (χ2n) is 3.51. The Hall–Kier alpha value is -1.19. The first-order valence-electron chi connectivity index (χ1n) is 4.75. The summed E-state index contributed by atoms with van der Waals surface area (Å²) in [6, 6.07) is 13.7. The molecule has 0 bridgehead atoms. The zero-order valence-electron chi connectivity index (χ0n) is 8.34. The monoisotopic (exact) mass is 219 g/mol. The van der Waals surface area contributed by atoms with Gasteiger partial charge in [-0.25, -0.2) is 0 Å². The first-order valence-corrected chi connectivity index (χ1v) is 5.89. The smallest absolute Gasteiger partial charge is 0.0437 e. The highest BCUT2D eigenvalue weighted by atomic mass is 32.2. The molecule has 3 heteroatoms. The van der Waals surface area contributed by atoms with Crippen molar-refractivity contribution in [2.75, 3.05) is 0 Å². The summed E-state index contributed by atoms with van der Waals surface area (Å²) in [7, 11) is 0. The SMILES string of the molecule is CC(c1ccc2ccccc2c1)S(=O)[O-]. The molecule has 2 unspecified atom stereocenters. The molecule has 2 nitrogen and oxygen atoms in total. The lowest BCUT2D eigenvalue weighted by molar-refractivity contribution is 0.527. The van der Waals surface area contributed by atoms with Gasteiger partial charge in [0.1, 0.15) is 0 Å². The van der Waals surface area contributed by atoms with Crippen LogP contribution in [0.2, 0.25) is 0 Å². The first-order chi connectivity index (χ1) is 7.18. The van der Waals surface area contributed by atoms with Gasteiger partial charge in [-0.05, 0) is 40.4 Å². The van der Waals surface area contributed by atoms with Crippen LogP contribution in [0.15, 0.2) is 42.5 Å². The van der Waals surface area contributed by atoms with E-state index < -0.39 is 16.3 Å². The van der Waals surface area contributed by atoms with Gasteiger partial charge in [0.15, 0.2) is 0 Å². The molecule has 0 saturated carbocycles. The molecule has 0 saturated heterocycles. The van der Waals surface area contributed by atoms with Crippen LogP contribution in [0.4, 0.5) is 0 Å². The summed E-state index contributed by atoms with van der Waals surface area (Å²) in [5, 5.41) is 1.76. The third-order valence-electron chi connectivity index (χ3n) is 2.53. The predicted octanol–water partition coefficient (Wildman–Crippen LogP) is 2.78. The van der Waals surface area contributed by atoms with E-state index in [-0.39, 0.29) is 0 Å². The van der Waals surface area contributed by atoms with Crippen molar-refractivity contribution in [3.8, 4) is 0 Å². The fraction of sp³-hybridized carbons (Fsp3) is 0.167. The quantitative estimate of drug-likeness (QED) is 0.729. The molecule has 2 aromatic carbocycles. The van der Waals surface area contributed by atoms with Gasteiger partial charge in [0.25, 0.3) is 0 Å². The second-order valence-corrected chi connectivity index (χ2v) is 4.74. The number of rotatable bonds is 2. The van der Waals surface area contributed by atoms with Gasteiger partial charge >= 0.3 is 0 Å². The molecular formula is C12H11O2S-. The fourth-order valence-corrected chi connectivity index (χ4v) is 1.94. The number of hydrogen-bond acceptors (Lipinski definition) is 2. The molecule has 2 rings (SSSR count). The van der Waals surface area contributed by atoms with Crippen LogP contribution in [-0.4, -0.2) is 8.76 Å². The van der Waals surface area contributed by atoms with Gasteiger partial charge in [-0.15, -0.1) is 0 Å². The van der Waals surface area contributed by atoms with E-state index in [1.54, 1.807) is 6.92 Å². The van der Waals surface area contributed by atoms with Crippen LogP contribution in [-0.2, 0) is 11.1 Å². The lowest BCUT2D eigenvalue weighted by atomic mass is 10.1. The van der Waals surface area contributed by atoms with Crippen molar-refractivity contribution in [2.24, 2.45) is 0 Å². The van der Waals surface area contributed by atoms with E-state index in [9.17, 15) is 8.76 Å². The van der Waals surface area contributed by atoms with Gasteiger partial charge in [-0.3, -0.25) is 4.21 Å². The van der Waals surface area contributed by atoms with Crippen molar-refractivity contribution in [3.05, 3.63) is 48.0 Å². The van der Waals surface area contributed by atoms with Gasteiger partial charge < -0.3 is 4.55 Å². The summed E-state index contributed by atoms with van der Waals surface area (Å²) in [5.74, 6) is 0. The normalized spacial score (nSPS) is 15.1. The second kappa shape index (κ2) is 4.13. The highest BCUT2D eigenvalue weighted by Crippen LogP contribution is 2.22. The molecule has 0 aliphatic heterocycles. The average Bonchev–Trinajstić information content (AvgIpc) is 2.27. The Bertz CT molecular complexity index is 508. The summed E-state index contributed by atoms with van der Waals surface area (Å²) in [6.07, 6.45) is 0. The molecule has 0 spiro atoms. The molecule has 0 radical (unpaired) electrons. The fourth-order valence-electron chi connectivity index (χ4n) is 1.57. The third kappa shape index (κ3) is 2.08. The number of fused-ring (bicyclic) bond motifs is 1. The highest BCUT2D eigenvalue weighted by molar-refractivity contribution is 7.79. The molecule has 0 aliphatic carbocycles. The first kappa shape index (κ1) is 10.3. The zero-order valence-corrected chi connectivity index (χ0v) is 9.16. The summed E-state index contributed by atoms with van der Waals surface area (Å²) in [5.41, 5.74) is 0.835.